The van der Waals surface area contributed by atoms with Crippen LogP contribution >= 0.6 is 0 Å². The van der Waals surface area contributed by atoms with Crippen LogP contribution in [0.15, 0.2) is 0 Å². The Morgan fingerprint density at radius 1 is 1.00 bits per heavy atom. The van der Waals surface area contributed by atoms with Gasteiger partial charge >= 0.3 is 0 Å². The number of hydrogen-bond donors (Lipinski definition) is 2. The molecule has 2 nitrogen and oxygen atoms in total. The molecule has 0 unspecified atom stereocenters. The van der Waals surface area contributed by atoms with Crippen molar-refractivity contribution in [2.75, 3.05) is 6.61 Å². The average molecular weight is 169 g/mol. The quantitative estimate of drug-likeness (QED) is 0.656. The highest BCUT2D eigenvalue weighted by molar-refractivity contribution is 5.02. The summed E-state index contributed by atoms with van der Waals surface area (Å²) in [6.45, 7) is 0.359. The highest BCUT2D eigenvalue weighted by atomic mass is 16.3. The lowest BCUT2D eigenvalue weighted by molar-refractivity contribution is 0.0235. The minimum absolute atomic E-state index is 0.178. The molecule has 0 heterocycles. The normalized spacial score (nSPS) is 46.5. The van der Waals surface area contributed by atoms with Crippen LogP contribution in [0.1, 0.15) is 44.9 Å². The van der Waals surface area contributed by atoms with Gasteiger partial charge in [0.2, 0.25) is 0 Å². The Kier molecular flexibility index (Phi) is 1.92. The van der Waals surface area contributed by atoms with Gasteiger partial charge in [-0.05, 0) is 50.4 Å². The van der Waals surface area contributed by atoms with Crippen molar-refractivity contribution in [3.8, 4) is 0 Å². The van der Waals surface area contributed by atoms with Gasteiger partial charge in [0.1, 0.15) is 0 Å². The van der Waals surface area contributed by atoms with E-state index in [1.807, 2.05) is 0 Å². The second-order valence-electron chi connectivity index (χ2n) is 4.84. The van der Waals surface area contributed by atoms with E-state index in [0.717, 1.165) is 6.42 Å². The molecule has 3 aliphatic rings. The van der Waals surface area contributed by atoms with Crippen LogP contribution in [0.3, 0.4) is 0 Å². The van der Waals surface area contributed by atoms with E-state index < -0.39 is 0 Å². The Bertz CT molecular complexity index is 154. The van der Waals surface area contributed by atoms with E-state index >= 15 is 0 Å². The zero-order chi connectivity index (χ0) is 8.66. The van der Waals surface area contributed by atoms with Gasteiger partial charge in [-0.3, -0.25) is 0 Å². The fraction of sp³-hybridized carbons (Fsp3) is 1.00. The van der Waals surface area contributed by atoms with E-state index in [9.17, 15) is 0 Å². The number of nitrogens with two attached hydrogens (primary N) is 1. The first-order valence-electron chi connectivity index (χ1n) is 5.08. The standard InChI is InChI=1S/C10H19NO/c11-10-4-1-9(2-5-10,3-6-10)7-8-12/h12H,1-8,11H2. The minimum Gasteiger partial charge on any atom is -0.396 e. The zero-order valence-corrected chi connectivity index (χ0v) is 7.68. The molecule has 3 N–H and O–H groups in total. The maximum atomic E-state index is 8.97. The Morgan fingerprint density at radius 2 is 1.50 bits per heavy atom. The molecule has 3 saturated carbocycles. The van der Waals surface area contributed by atoms with E-state index in [1.165, 1.54) is 38.5 Å². The summed E-state index contributed by atoms with van der Waals surface area (Å²) in [5, 5.41) is 8.97. The van der Waals surface area contributed by atoms with Gasteiger partial charge in [0.05, 0.1) is 0 Å². The first-order chi connectivity index (χ1) is 5.68. The van der Waals surface area contributed by atoms with Crippen molar-refractivity contribution >= 4 is 0 Å². The summed E-state index contributed by atoms with van der Waals surface area (Å²) in [7, 11) is 0. The van der Waals surface area contributed by atoms with Crippen LogP contribution in [0, 0.1) is 5.41 Å². The van der Waals surface area contributed by atoms with Crippen molar-refractivity contribution in [2.24, 2.45) is 11.1 Å². The molecule has 0 aromatic carbocycles. The second kappa shape index (κ2) is 2.71. The van der Waals surface area contributed by atoms with Crippen molar-refractivity contribution in [3.63, 3.8) is 0 Å². The SMILES string of the molecule is NC12CCC(CCO)(CC1)CC2. The van der Waals surface area contributed by atoms with Crippen molar-refractivity contribution in [1.82, 2.24) is 0 Å². The molecular weight excluding hydrogens is 150 g/mol. The van der Waals surface area contributed by atoms with Crippen LogP contribution in [0.25, 0.3) is 0 Å². The average Bonchev–Trinajstić information content (AvgIpc) is 2.08. The highest BCUT2D eigenvalue weighted by Crippen LogP contribution is 2.52. The largest absolute Gasteiger partial charge is 0.396 e. The lowest BCUT2D eigenvalue weighted by Gasteiger charge is -2.51. The molecule has 70 valence electrons. The number of aliphatic hydroxyl groups excluding tert-OH is 1. The minimum atomic E-state index is 0.178. The maximum Gasteiger partial charge on any atom is 0.0436 e. The Hall–Kier alpha value is -0.0800. The molecule has 0 saturated heterocycles. The molecule has 0 aromatic rings. The highest BCUT2D eigenvalue weighted by Gasteiger charge is 2.45. The molecule has 3 fully saturated rings. The Labute approximate surface area is 74.1 Å². The number of rotatable bonds is 2. The summed E-state index contributed by atoms with van der Waals surface area (Å²) in [5.41, 5.74) is 6.85. The van der Waals surface area contributed by atoms with Gasteiger partial charge in [-0.15, -0.1) is 0 Å². The molecule has 12 heavy (non-hydrogen) atoms. The summed E-state index contributed by atoms with van der Waals surface area (Å²) < 4.78 is 0. The van der Waals surface area contributed by atoms with E-state index in [4.69, 9.17) is 10.8 Å². The van der Waals surface area contributed by atoms with Gasteiger partial charge in [-0.1, -0.05) is 0 Å². The number of aliphatic hydroxyl groups is 1. The third-order valence-electron chi connectivity index (χ3n) is 4.10. The van der Waals surface area contributed by atoms with Crippen LogP contribution in [0.4, 0.5) is 0 Å². The van der Waals surface area contributed by atoms with Gasteiger partial charge in [0.25, 0.3) is 0 Å². The molecule has 2 bridgehead atoms. The second-order valence-corrected chi connectivity index (χ2v) is 4.84. The summed E-state index contributed by atoms with van der Waals surface area (Å²) in [4.78, 5) is 0. The molecular formula is C10H19NO. The molecule has 3 aliphatic carbocycles. The third-order valence-corrected chi connectivity index (χ3v) is 4.10. The summed E-state index contributed by atoms with van der Waals surface area (Å²) in [6, 6.07) is 0. The predicted octanol–water partition coefficient (Wildman–Crippen LogP) is 1.42. The molecule has 0 aromatic heterocycles. The molecule has 3 rings (SSSR count). The topological polar surface area (TPSA) is 46.2 Å². The van der Waals surface area contributed by atoms with Gasteiger partial charge in [-0.2, -0.15) is 0 Å². The molecule has 0 amide bonds. The molecule has 0 radical (unpaired) electrons. The predicted molar refractivity (Wildman–Crippen MR) is 48.8 cm³/mol. The zero-order valence-electron chi connectivity index (χ0n) is 7.68. The molecule has 2 heteroatoms. The van der Waals surface area contributed by atoms with E-state index in [2.05, 4.69) is 0 Å². The van der Waals surface area contributed by atoms with Crippen LogP contribution < -0.4 is 5.73 Å². The van der Waals surface area contributed by atoms with E-state index in [-0.39, 0.29) is 5.54 Å². The van der Waals surface area contributed by atoms with Gasteiger partial charge < -0.3 is 10.8 Å². The Balaban J connectivity index is 2.04. The van der Waals surface area contributed by atoms with Crippen molar-refractivity contribution in [3.05, 3.63) is 0 Å². The smallest absolute Gasteiger partial charge is 0.0436 e. The lowest BCUT2D eigenvalue weighted by Crippen LogP contribution is -2.52. The van der Waals surface area contributed by atoms with Crippen molar-refractivity contribution < 1.29 is 5.11 Å². The fourth-order valence-electron chi connectivity index (χ4n) is 2.90. The summed E-state index contributed by atoms with van der Waals surface area (Å²) >= 11 is 0. The lowest BCUT2D eigenvalue weighted by atomic mass is 9.56. The van der Waals surface area contributed by atoms with Crippen LogP contribution in [-0.2, 0) is 0 Å². The monoisotopic (exact) mass is 169 g/mol. The number of hydrogen-bond acceptors (Lipinski definition) is 2. The Morgan fingerprint density at radius 3 is 1.92 bits per heavy atom. The van der Waals surface area contributed by atoms with E-state index in [1.54, 1.807) is 0 Å². The fourth-order valence-corrected chi connectivity index (χ4v) is 2.90. The maximum absolute atomic E-state index is 8.97. The molecule has 0 atom stereocenters. The van der Waals surface area contributed by atoms with Gasteiger partial charge in [-0.25, -0.2) is 0 Å². The first-order valence-corrected chi connectivity index (χ1v) is 5.08. The van der Waals surface area contributed by atoms with Crippen LogP contribution in [0.5, 0.6) is 0 Å². The van der Waals surface area contributed by atoms with Crippen molar-refractivity contribution in [2.45, 2.75) is 50.5 Å². The third kappa shape index (κ3) is 1.27. The summed E-state index contributed by atoms with van der Waals surface area (Å²) in [5.74, 6) is 0. The first kappa shape index (κ1) is 8.52. The van der Waals surface area contributed by atoms with Crippen LogP contribution in [0.2, 0.25) is 0 Å². The van der Waals surface area contributed by atoms with Crippen molar-refractivity contribution in [1.29, 1.82) is 0 Å². The van der Waals surface area contributed by atoms with E-state index in [0.29, 0.717) is 12.0 Å². The van der Waals surface area contributed by atoms with Crippen LogP contribution in [-0.4, -0.2) is 17.3 Å². The molecule has 0 spiro atoms. The summed E-state index contributed by atoms with van der Waals surface area (Å²) in [6.07, 6.45) is 8.33. The number of fused-ring (bicyclic) bond motifs is 3. The van der Waals surface area contributed by atoms with Gasteiger partial charge in [0.15, 0.2) is 0 Å². The van der Waals surface area contributed by atoms with Gasteiger partial charge in [0, 0.05) is 12.1 Å². The molecule has 0 aliphatic heterocycles.